The van der Waals surface area contributed by atoms with Gasteiger partial charge in [-0.3, -0.25) is 19.0 Å². The highest BCUT2D eigenvalue weighted by Crippen LogP contribution is 2.24. The standard InChI is InChI=1S/C20H18N6O3/c1-24-11-14(18-21-20(28)29-23-18)9-17(24)19(27)25-7-8-26-15(12-25)10-16(22-26)13-5-3-2-4-6-13/h2-6,9-11H,7-8,12H2,1H3,(H,21,23,28). The Bertz CT molecular complexity index is 1250. The van der Waals surface area contributed by atoms with Gasteiger partial charge in [-0.2, -0.15) is 5.10 Å². The molecule has 0 spiro atoms. The van der Waals surface area contributed by atoms with E-state index in [0.29, 0.717) is 36.7 Å². The minimum atomic E-state index is -0.629. The average molecular weight is 390 g/mol. The molecule has 0 bridgehead atoms. The molecule has 0 saturated heterocycles. The minimum Gasteiger partial charge on any atom is -0.346 e. The number of hydrogen-bond donors (Lipinski definition) is 1. The van der Waals surface area contributed by atoms with Gasteiger partial charge in [-0.15, -0.1) is 0 Å². The van der Waals surface area contributed by atoms with Gasteiger partial charge in [-0.1, -0.05) is 35.5 Å². The number of H-pyrrole nitrogens is 1. The van der Waals surface area contributed by atoms with E-state index >= 15 is 0 Å². The van der Waals surface area contributed by atoms with E-state index in [-0.39, 0.29) is 5.91 Å². The van der Waals surface area contributed by atoms with E-state index in [9.17, 15) is 9.59 Å². The van der Waals surface area contributed by atoms with Crippen molar-refractivity contribution in [3.63, 3.8) is 0 Å². The Hall–Kier alpha value is -3.88. The number of carbonyl (C=O) groups is 1. The molecule has 1 aliphatic rings. The van der Waals surface area contributed by atoms with Crippen LogP contribution in [0.4, 0.5) is 0 Å². The number of benzene rings is 1. The quantitative estimate of drug-likeness (QED) is 0.576. The molecule has 4 heterocycles. The summed E-state index contributed by atoms with van der Waals surface area (Å²) >= 11 is 0. The molecule has 1 amide bonds. The second kappa shape index (κ2) is 6.62. The van der Waals surface area contributed by atoms with Crippen LogP contribution in [0.3, 0.4) is 0 Å². The van der Waals surface area contributed by atoms with Crippen LogP contribution in [0.25, 0.3) is 22.6 Å². The molecule has 1 aromatic carbocycles. The molecule has 3 aromatic heterocycles. The third kappa shape index (κ3) is 3.06. The van der Waals surface area contributed by atoms with Gasteiger partial charge in [0.1, 0.15) is 5.69 Å². The number of aromatic nitrogens is 5. The fourth-order valence-electron chi connectivity index (χ4n) is 3.61. The first-order valence-corrected chi connectivity index (χ1v) is 9.22. The molecule has 146 valence electrons. The van der Waals surface area contributed by atoms with E-state index in [4.69, 9.17) is 0 Å². The number of amides is 1. The second-order valence-electron chi connectivity index (χ2n) is 7.01. The summed E-state index contributed by atoms with van der Waals surface area (Å²) in [6.07, 6.45) is 1.74. The first-order chi connectivity index (χ1) is 14.1. The summed E-state index contributed by atoms with van der Waals surface area (Å²) in [5.74, 6) is -0.414. The van der Waals surface area contributed by atoms with Crippen molar-refractivity contribution in [2.24, 2.45) is 7.05 Å². The number of nitrogens with one attached hydrogen (secondary N) is 1. The van der Waals surface area contributed by atoms with Crippen LogP contribution in [0.2, 0.25) is 0 Å². The van der Waals surface area contributed by atoms with Crippen molar-refractivity contribution in [3.05, 3.63) is 70.6 Å². The molecule has 0 saturated carbocycles. The normalized spacial score (nSPS) is 13.5. The van der Waals surface area contributed by atoms with Crippen LogP contribution in [0.5, 0.6) is 0 Å². The van der Waals surface area contributed by atoms with Crippen LogP contribution >= 0.6 is 0 Å². The van der Waals surface area contributed by atoms with Gasteiger partial charge in [-0.05, 0) is 12.1 Å². The topological polar surface area (TPSA) is 102 Å². The Labute approximate surface area is 165 Å². The van der Waals surface area contributed by atoms with Gasteiger partial charge >= 0.3 is 5.76 Å². The van der Waals surface area contributed by atoms with Crippen LogP contribution in [-0.2, 0) is 20.1 Å². The molecule has 4 aromatic rings. The van der Waals surface area contributed by atoms with Crippen molar-refractivity contribution in [1.82, 2.24) is 29.4 Å². The fourth-order valence-corrected chi connectivity index (χ4v) is 3.61. The maximum absolute atomic E-state index is 13.1. The maximum Gasteiger partial charge on any atom is 0.439 e. The van der Waals surface area contributed by atoms with E-state index in [2.05, 4.69) is 19.8 Å². The molecule has 0 radical (unpaired) electrons. The van der Waals surface area contributed by atoms with Gasteiger partial charge in [0, 0.05) is 30.9 Å². The first kappa shape index (κ1) is 17.2. The number of hydrogen-bond acceptors (Lipinski definition) is 5. The Morgan fingerprint density at radius 2 is 1.97 bits per heavy atom. The van der Waals surface area contributed by atoms with Gasteiger partial charge < -0.3 is 9.47 Å². The second-order valence-corrected chi connectivity index (χ2v) is 7.01. The summed E-state index contributed by atoms with van der Waals surface area (Å²) in [5, 5.41) is 8.35. The molecule has 9 heteroatoms. The van der Waals surface area contributed by atoms with Crippen molar-refractivity contribution in [2.75, 3.05) is 6.54 Å². The lowest BCUT2D eigenvalue weighted by Gasteiger charge is -2.27. The monoisotopic (exact) mass is 390 g/mol. The van der Waals surface area contributed by atoms with Crippen molar-refractivity contribution >= 4 is 5.91 Å². The predicted octanol–water partition coefficient (Wildman–Crippen LogP) is 1.89. The zero-order chi connectivity index (χ0) is 20.0. The van der Waals surface area contributed by atoms with E-state index < -0.39 is 5.76 Å². The number of aryl methyl sites for hydroxylation is 1. The van der Waals surface area contributed by atoms with Gasteiger partial charge in [0.2, 0.25) is 0 Å². The van der Waals surface area contributed by atoms with E-state index in [0.717, 1.165) is 17.0 Å². The highest BCUT2D eigenvalue weighted by atomic mass is 16.5. The Morgan fingerprint density at radius 1 is 1.14 bits per heavy atom. The lowest BCUT2D eigenvalue weighted by molar-refractivity contribution is 0.0696. The summed E-state index contributed by atoms with van der Waals surface area (Å²) in [4.78, 5) is 28.6. The van der Waals surface area contributed by atoms with Crippen molar-refractivity contribution in [2.45, 2.75) is 13.1 Å². The van der Waals surface area contributed by atoms with Crippen LogP contribution in [0.1, 0.15) is 16.2 Å². The zero-order valence-electron chi connectivity index (χ0n) is 15.7. The fraction of sp³-hybridized carbons (Fsp3) is 0.200. The van der Waals surface area contributed by atoms with Crippen LogP contribution in [-0.4, -0.2) is 41.8 Å². The molecule has 1 N–H and O–H groups in total. The Balaban J connectivity index is 1.39. The molecule has 0 fully saturated rings. The summed E-state index contributed by atoms with van der Waals surface area (Å²) in [6.45, 7) is 1.70. The highest BCUT2D eigenvalue weighted by Gasteiger charge is 2.26. The molecule has 0 unspecified atom stereocenters. The van der Waals surface area contributed by atoms with Crippen LogP contribution in [0.15, 0.2) is 58.0 Å². The smallest absolute Gasteiger partial charge is 0.346 e. The Kier molecular flexibility index (Phi) is 3.94. The van der Waals surface area contributed by atoms with Gasteiger partial charge in [0.15, 0.2) is 5.82 Å². The number of rotatable bonds is 3. The number of aromatic amines is 1. The van der Waals surface area contributed by atoms with E-state index in [1.165, 1.54) is 0 Å². The molecule has 5 rings (SSSR count). The van der Waals surface area contributed by atoms with Crippen LogP contribution in [0, 0.1) is 0 Å². The summed E-state index contributed by atoms with van der Waals surface area (Å²) in [6, 6.07) is 13.7. The number of nitrogens with zero attached hydrogens (tertiary/aromatic N) is 5. The maximum atomic E-state index is 13.1. The lowest BCUT2D eigenvalue weighted by atomic mass is 10.1. The highest BCUT2D eigenvalue weighted by molar-refractivity contribution is 5.94. The van der Waals surface area contributed by atoms with Crippen molar-refractivity contribution in [1.29, 1.82) is 0 Å². The van der Waals surface area contributed by atoms with Crippen LogP contribution < -0.4 is 5.76 Å². The van der Waals surface area contributed by atoms with E-state index in [1.807, 2.05) is 41.1 Å². The molecule has 9 nitrogen and oxygen atoms in total. The zero-order valence-corrected chi connectivity index (χ0v) is 15.7. The summed E-state index contributed by atoms with van der Waals surface area (Å²) < 4.78 is 8.24. The van der Waals surface area contributed by atoms with E-state index in [1.54, 1.807) is 28.8 Å². The van der Waals surface area contributed by atoms with Crippen molar-refractivity contribution in [3.8, 4) is 22.6 Å². The average Bonchev–Trinajstić information content (AvgIpc) is 3.45. The number of fused-ring (bicyclic) bond motifs is 1. The number of carbonyl (C=O) groups excluding carboxylic acids is 1. The lowest BCUT2D eigenvalue weighted by Crippen LogP contribution is -2.39. The third-order valence-corrected chi connectivity index (χ3v) is 5.09. The molecule has 1 aliphatic heterocycles. The SMILES string of the molecule is Cn1cc(-c2noc(=O)[nH]2)cc1C(=O)N1CCn2nc(-c3ccccc3)cc2C1. The third-order valence-electron chi connectivity index (χ3n) is 5.09. The minimum absolute atomic E-state index is 0.0849. The molecular weight excluding hydrogens is 372 g/mol. The molecule has 0 atom stereocenters. The molecule has 29 heavy (non-hydrogen) atoms. The first-order valence-electron chi connectivity index (χ1n) is 9.22. The van der Waals surface area contributed by atoms with Gasteiger partial charge in [-0.25, -0.2) is 4.79 Å². The Morgan fingerprint density at radius 3 is 2.72 bits per heavy atom. The van der Waals surface area contributed by atoms with Gasteiger partial charge in [0.05, 0.1) is 24.5 Å². The summed E-state index contributed by atoms with van der Waals surface area (Å²) in [7, 11) is 1.79. The largest absolute Gasteiger partial charge is 0.439 e. The van der Waals surface area contributed by atoms with Crippen molar-refractivity contribution < 1.29 is 9.32 Å². The molecular formula is C20H18N6O3. The summed E-state index contributed by atoms with van der Waals surface area (Å²) in [5.41, 5.74) is 4.10. The molecule has 0 aliphatic carbocycles. The predicted molar refractivity (Wildman–Crippen MR) is 104 cm³/mol. The van der Waals surface area contributed by atoms with Gasteiger partial charge in [0.25, 0.3) is 5.91 Å².